The number of hydrogen-bond acceptors (Lipinski definition) is 4. The van der Waals surface area contributed by atoms with Gasteiger partial charge < -0.3 is 9.42 Å². The molecule has 0 N–H and O–H groups in total. The SMILES string of the molecule is Cc1cc2c(N3CCN(CCC4CCC(C)CC4)CC3)noc2cc1F. The van der Waals surface area contributed by atoms with Crippen molar-refractivity contribution in [2.24, 2.45) is 11.8 Å². The Morgan fingerprint density at radius 3 is 2.58 bits per heavy atom. The van der Waals surface area contributed by atoms with E-state index in [1.807, 2.05) is 6.07 Å². The highest BCUT2D eigenvalue weighted by Gasteiger charge is 2.24. The Morgan fingerprint density at radius 2 is 1.85 bits per heavy atom. The summed E-state index contributed by atoms with van der Waals surface area (Å²) in [6.45, 7) is 9.44. The van der Waals surface area contributed by atoms with Crippen LogP contribution in [-0.2, 0) is 0 Å². The molecular formula is C21H30FN3O. The van der Waals surface area contributed by atoms with Crippen molar-refractivity contribution in [2.45, 2.75) is 46.0 Å². The highest BCUT2D eigenvalue weighted by Crippen LogP contribution is 2.31. The Bertz CT molecular complexity index is 743. The van der Waals surface area contributed by atoms with E-state index < -0.39 is 0 Å². The van der Waals surface area contributed by atoms with Crippen molar-refractivity contribution in [3.63, 3.8) is 0 Å². The monoisotopic (exact) mass is 359 g/mol. The van der Waals surface area contributed by atoms with E-state index in [1.165, 1.54) is 44.7 Å². The fourth-order valence-electron chi connectivity index (χ4n) is 4.45. The number of aromatic nitrogens is 1. The van der Waals surface area contributed by atoms with Crippen LogP contribution in [0.15, 0.2) is 16.7 Å². The second-order valence-corrected chi connectivity index (χ2v) is 8.35. The number of rotatable bonds is 4. The maximum atomic E-state index is 13.7. The molecule has 4 rings (SSSR count). The van der Waals surface area contributed by atoms with Crippen LogP contribution < -0.4 is 4.90 Å². The van der Waals surface area contributed by atoms with Crippen LogP contribution in [0, 0.1) is 24.6 Å². The van der Waals surface area contributed by atoms with Crippen molar-refractivity contribution in [2.75, 3.05) is 37.6 Å². The third kappa shape index (κ3) is 3.73. The molecule has 0 bridgehead atoms. The molecule has 4 nitrogen and oxygen atoms in total. The minimum Gasteiger partial charge on any atom is -0.354 e. The number of anilines is 1. The molecule has 26 heavy (non-hydrogen) atoms. The van der Waals surface area contributed by atoms with Gasteiger partial charge in [-0.3, -0.25) is 4.90 Å². The molecule has 1 saturated heterocycles. The molecule has 0 unspecified atom stereocenters. The minimum atomic E-state index is -0.234. The van der Waals surface area contributed by atoms with Gasteiger partial charge in [0.25, 0.3) is 0 Å². The van der Waals surface area contributed by atoms with E-state index in [0.717, 1.165) is 49.2 Å². The van der Waals surface area contributed by atoms with Crippen LogP contribution in [0.5, 0.6) is 0 Å². The van der Waals surface area contributed by atoms with Crippen molar-refractivity contribution in [3.05, 3.63) is 23.5 Å². The van der Waals surface area contributed by atoms with Gasteiger partial charge in [-0.2, -0.15) is 0 Å². The van der Waals surface area contributed by atoms with E-state index >= 15 is 0 Å². The molecule has 1 saturated carbocycles. The van der Waals surface area contributed by atoms with Gasteiger partial charge in [0.1, 0.15) is 5.82 Å². The number of hydrogen-bond donors (Lipinski definition) is 0. The molecule has 5 heteroatoms. The summed E-state index contributed by atoms with van der Waals surface area (Å²) in [4.78, 5) is 4.86. The Hall–Kier alpha value is -1.62. The first-order valence-corrected chi connectivity index (χ1v) is 10.1. The maximum Gasteiger partial charge on any atom is 0.180 e. The lowest BCUT2D eigenvalue weighted by Crippen LogP contribution is -2.47. The van der Waals surface area contributed by atoms with E-state index in [0.29, 0.717) is 11.1 Å². The minimum absolute atomic E-state index is 0.234. The maximum absolute atomic E-state index is 13.7. The number of fused-ring (bicyclic) bond motifs is 1. The summed E-state index contributed by atoms with van der Waals surface area (Å²) in [5.41, 5.74) is 1.18. The Balaban J connectivity index is 1.32. The van der Waals surface area contributed by atoms with Crippen LogP contribution >= 0.6 is 0 Å². The number of piperazine rings is 1. The normalized spacial score (nSPS) is 25.1. The lowest BCUT2D eigenvalue weighted by Gasteiger charge is -2.36. The molecule has 0 amide bonds. The molecule has 1 aliphatic carbocycles. The molecule has 1 aromatic carbocycles. The predicted octanol–water partition coefficient (Wildman–Crippen LogP) is 4.61. The summed E-state index contributed by atoms with van der Waals surface area (Å²) in [6, 6.07) is 3.30. The number of aryl methyl sites for hydroxylation is 1. The molecule has 0 atom stereocenters. The highest BCUT2D eigenvalue weighted by molar-refractivity contribution is 5.89. The predicted molar refractivity (Wildman–Crippen MR) is 103 cm³/mol. The van der Waals surface area contributed by atoms with Gasteiger partial charge in [0.2, 0.25) is 0 Å². The summed E-state index contributed by atoms with van der Waals surface area (Å²) < 4.78 is 19.1. The Morgan fingerprint density at radius 1 is 1.12 bits per heavy atom. The summed E-state index contributed by atoms with van der Waals surface area (Å²) >= 11 is 0. The van der Waals surface area contributed by atoms with Crippen LogP contribution in [0.25, 0.3) is 11.0 Å². The van der Waals surface area contributed by atoms with Gasteiger partial charge in [-0.1, -0.05) is 37.8 Å². The largest absolute Gasteiger partial charge is 0.354 e. The third-order valence-electron chi connectivity index (χ3n) is 6.39. The molecule has 0 spiro atoms. The summed E-state index contributed by atoms with van der Waals surface area (Å²) in [5, 5.41) is 5.14. The van der Waals surface area contributed by atoms with Crippen LogP contribution in [-0.4, -0.2) is 42.8 Å². The van der Waals surface area contributed by atoms with Crippen LogP contribution in [0.2, 0.25) is 0 Å². The number of halogens is 1. The smallest absolute Gasteiger partial charge is 0.180 e. The van der Waals surface area contributed by atoms with E-state index in [9.17, 15) is 4.39 Å². The van der Waals surface area contributed by atoms with Crippen LogP contribution in [0.3, 0.4) is 0 Å². The fourth-order valence-corrected chi connectivity index (χ4v) is 4.45. The summed E-state index contributed by atoms with van der Waals surface area (Å²) in [7, 11) is 0. The second-order valence-electron chi connectivity index (χ2n) is 8.35. The molecule has 2 fully saturated rings. The van der Waals surface area contributed by atoms with Crippen molar-refractivity contribution >= 4 is 16.8 Å². The van der Waals surface area contributed by atoms with Crippen LogP contribution in [0.4, 0.5) is 10.2 Å². The summed E-state index contributed by atoms with van der Waals surface area (Å²) in [5.74, 6) is 2.50. The van der Waals surface area contributed by atoms with Gasteiger partial charge in [-0.05, 0) is 43.4 Å². The van der Waals surface area contributed by atoms with Gasteiger partial charge in [0.15, 0.2) is 11.4 Å². The lowest BCUT2D eigenvalue weighted by molar-refractivity contribution is 0.208. The average molecular weight is 359 g/mol. The zero-order valence-corrected chi connectivity index (χ0v) is 16.0. The third-order valence-corrected chi connectivity index (χ3v) is 6.39. The van der Waals surface area contributed by atoms with E-state index in [4.69, 9.17) is 4.52 Å². The highest BCUT2D eigenvalue weighted by atomic mass is 19.1. The molecule has 142 valence electrons. The Kier molecular flexibility index (Phi) is 5.16. The zero-order chi connectivity index (χ0) is 18.1. The first-order chi connectivity index (χ1) is 12.6. The molecule has 1 aromatic heterocycles. The lowest BCUT2D eigenvalue weighted by atomic mass is 9.81. The molecule has 1 aliphatic heterocycles. The van der Waals surface area contributed by atoms with E-state index in [-0.39, 0.29) is 5.82 Å². The molecular weight excluding hydrogens is 329 g/mol. The van der Waals surface area contributed by atoms with Crippen molar-refractivity contribution in [1.29, 1.82) is 0 Å². The van der Waals surface area contributed by atoms with Gasteiger partial charge in [-0.15, -0.1) is 0 Å². The Labute approximate surface area is 155 Å². The van der Waals surface area contributed by atoms with E-state index in [1.54, 1.807) is 6.92 Å². The quantitative estimate of drug-likeness (QED) is 0.798. The topological polar surface area (TPSA) is 32.5 Å². The van der Waals surface area contributed by atoms with Crippen molar-refractivity contribution in [3.8, 4) is 0 Å². The van der Waals surface area contributed by atoms with Gasteiger partial charge in [-0.25, -0.2) is 4.39 Å². The second kappa shape index (κ2) is 7.55. The zero-order valence-electron chi connectivity index (χ0n) is 16.0. The van der Waals surface area contributed by atoms with Crippen molar-refractivity contribution in [1.82, 2.24) is 10.1 Å². The number of benzene rings is 1. The summed E-state index contributed by atoms with van der Waals surface area (Å²) in [6.07, 6.45) is 7.01. The van der Waals surface area contributed by atoms with Crippen LogP contribution in [0.1, 0.15) is 44.6 Å². The van der Waals surface area contributed by atoms with Gasteiger partial charge in [0.05, 0.1) is 5.39 Å². The molecule has 2 aromatic rings. The first kappa shape index (κ1) is 17.8. The van der Waals surface area contributed by atoms with Gasteiger partial charge in [0, 0.05) is 32.2 Å². The van der Waals surface area contributed by atoms with Gasteiger partial charge >= 0.3 is 0 Å². The number of nitrogens with zero attached hydrogens (tertiary/aromatic N) is 3. The molecule has 2 heterocycles. The average Bonchev–Trinajstić information content (AvgIpc) is 3.05. The molecule has 2 aliphatic rings. The first-order valence-electron chi connectivity index (χ1n) is 10.1. The van der Waals surface area contributed by atoms with Crippen molar-refractivity contribution < 1.29 is 8.91 Å². The molecule has 0 radical (unpaired) electrons. The standard InChI is InChI=1S/C21H30FN3O/c1-15-3-5-17(6-4-15)7-8-24-9-11-25(12-10-24)21-18-13-16(2)19(22)14-20(18)26-23-21/h13-15,17H,3-12H2,1-2H3. The van der Waals surface area contributed by atoms with E-state index in [2.05, 4.69) is 21.9 Å². The fraction of sp³-hybridized carbons (Fsp3) is 0.667.